The van der Waals surface area contributed by atoms with Gasteiger partial charge in [-0.2, -0.15) is 0 Å². The third-order valence-corrected chi connectivity index (χ3v) is 5.57. The Bertz CT molecular complexity index is 1270. The molecule has 166 valence electrons. The zero-order chi connectivity index (χ0) is 23.7. The van der Waals surface area contributed by atoms with Gasteiger partial charge in [-0.05, 0) is 42.8 Å². The molecule has 1 saturated heterocycles. The summed E-state index contributed by atoms with van der Waals surface area (Å²) in [4.78, 5) is 39.0. The number of carbonyl (C=O) groups is 3. The number of rotatable bonds is 5. The van der Waals surface area contributed by atoms with E-state index in [2.05, 4.69) is 0 Å². The highest BCUT2D eigenvalue weighted by molar-refractivity contribution is 6.51. The molecule has 0 aliphatic carbocycles. The van der Waals surface area contributed by atoms with E-state index in [1.165, 1.54) is 30.2 Å². The van der Waals surface area contributed by atoms with Crippen LogP contribution in [0.15, 0.2) is 78.4 Å². The van der Waals surface area contributed by atoms with E-state index in [0.717, 1.165) is 5.56 Å². The van der Waals surface area contributed by atoms with Crippen LogP contribution in [0.25, 0.3) is 5.76 Å². The molecule has 3 aromatic carbocycles. The van der Waals surface area contributed by atoms with Crippen LogP contribution in [0.5, 0.6) is 5.75 Å². The molecule has 4 rings (SSSR count). The maximum absolute atomic E-state index is 13.2. The van der Waals surface area contributed by atoms with Crippen LogP contribution in [0, 0.1) is 6.92 Å². The number of hydrogen-bond acceptors (Lipinski definition) is 5. The summed E-state index contributed by atoms with van der Waals surface area (Å²) < 4.78 is 5.21. The number of ketones is 1. The molecule has 1 fully saturated rings. The first-order valence-electron chi connectivity index (χ1n) is 10.2. The van der Waals surface area contributed by atoms with Crippen LogP contribution >= 0.6 is 0 Å². The number of aryl methyl sites for hydroxylation is 1. The molecule has 1 atom stereocenters. The summed E-state index contributed by atoms with van der Waals surface area (Å²) in [6.07, 6.45) is 0. The van der Waals surface area contributed by atoms with Crippen molar-refractivity contribution in [3.63, 3.8) is 0 Å². The molecule has 33 heavy (non-hydrogen) atoms. The van der Waals surface area contributed by atoms with E-state index in [-0.39, 0.29) is 22.6 Å². The third kappa shape index (κ3) is 3.96. The summed E-state index contributed by atoms with van der Waals surface area (Å²) in [6.45, 7) is 1.90. The Hall–Kier alpha value is -4.39. The number of Topliss-reactive ketones (excluding diaryl/α,β-unsaturated/α-hetero) is 1. The summed E-state index contributed by atoms with van der Waals surface area (Å²) in [5.74, 6) is -2.58. The van der Waals surface area contributed by atoms with Crippen molar-refractivity contribution in [1.82, 2.24) is 0 Å². The molecular weight excluding hydrogens is 422 g/mol. The fourth-order valence-corrected chi connectivity index (χ4v) is 3.86. The zero-order valence-corrected chi connectivity index (χ0v) is 18.0. The minimum absolute atomic E-state index is 0.0265. The third-order valence-electron chi connectivity index (χ3n) is 5.57. The molecule has 1 aliphatic heterocycles. The number of carboxylic acids is 1. The molecule has 7 heteroatoms. The first-order valence-corrected chi connectivity index (χ1v) is 10.2. The number of aromatic carboxylic acids is 1. The number of benzene rings is 3. The Kier molecular flexibility index (Phi) is 5.70. The highest BCUT2D eigenvalue weighted by Gasteiger charge is 2.47. The number of hydrogen-bond donors (Lipinski definition) is 2. The standard InChI is InChI=1S/C26H21NO6/c1-15-6-8-17(9-7-15)23(28)21-22(16-10-12-20(33-2)13-11-16)27(25(30)24(21)29)19-5-3-4-18(14-19)26(31)32/h3-14,22,28H,1-2H3,(H,31,32)/b23-21+/t22-/m0/s1. The average molecular weight is 443 g/mol. The molecule has 0 spiro atoms. The van der Waals surface area contributed by atoms with Crippen molar-refractivity contribution in [2.75, 3.05) is 12.0 Å². The minimum Gasteiger partial charge on any atom is -0.507 e. The maximum atomic E-state index is 13.2. The summed E-state index contributed by atoms with van der Waals surface area (Å²) in [6, 6.07) is 18.6. The van der Waals surface area contributed by atoms with Gasteiger partial charge >= 0.3 is 5.97 Å². The first kappa shape index (κ1) is 21.8. The van der Waals surface area contributed by atoms with Crippen LogP contribution in [-0.2, 0) is 9.59 Å². The number of anilines is 1. The first-order chi connectivity index (χ1) is 15.8. The van der Waals surface area contributed by atoms with Crippen molar-refractivity contribution in [3.05, 3.63) is 101 Å². The second-order valence-corrected chi connectivity index (χ2v) is 7.66. The molecule has 0 saturated carbocycles. The fraction of sp³-hybridized carbons (Fsp3) is 0.115. The number of carboxylic acid groups (broad SMARTS) is 1. The van der Waals surface area contributed by atoms with Gasteiger partial charge in [-0.25, -0.2) is 4.79 Å². The van der Waals surface area contributed by atoms with Crippen molar-refractivity contribution in [2.24, 2.45) is 0 Å². The quantitative estimate of drug-likeness (QED) is 0.346. The minimum atomic E-state index is -1.16. The Balaban J connectivity index is 1.94. The number of aliphatic hydroxyl groups is 1. The molecule has 1 amide bonds. The number of carbonyl (C=O) groups excluding carboxylic acids is 2. The van der Waals surface area contributed by atoms with Gasteiger partial charge < -0.3 is 14.9 Å². The van der Waals surface area contributed by atoms with E-state index >= 15 is 0 Å². The van der Waals surface area contributed by atoms with Gasteiger partial charge in [-0.15, -0.1) is 0 Å². The van der Waals surface area contributed by atoms with Crippen LogP contribution in [0.3, 0.4) is 0 Å². The highest BCUT2D eigenvalue weighted by Crippen LogP contribution is 2.42. The molecule has 7 nitrogen and oxygen atoms in total. The van der Waals surface area contributed by atoms with E-state index in [1.54, 1.807) is 54.6 Å². The summed E-state index contributed by atoms with van der Waals surface area (Å²) in [7, 11) is 1.52. The van der Waals surface area contributed by atoms with Gasteiger partial charge in [0, 0.05) is 11.3 Å². The lowest BCUT2D eigenvalue weighted by Crippen LogP contribution is -2.29. The molecule has 1 aliphatic rings. The zero-order valence-electron chi connectivity index (χ0n) is 18.0. The van der Waals surface area contributed by atoms with Crippen LogP contribution in [-0.4, -0.2) is 35.0 Å². The van der Waals surface area contributed by atoms with Gasteiger partial charge in [0.15, 0.2) is 0 Å². The average Bonchev–Trinajstić information content (AvgIpc) is 3.09. The normalized spacial score (nSPS) is 17.3. The van der Waals surface area contributed by atoms with Gasteiger partial charge in [-0.1, -0.05) is 48.0 Å². The molecule has 3 aromatic rings. The number of amides is 1. The van der Waals surface area contributed by atoms with Crippen LogP contribution in [0.2, 0.25) is 0 Å². The summed E-state index contributed by atoms with van der Waals surface area (Å²) in [5.41, 5.74) is 2.07. The second-order valence-electron chi connectivity index (χ2n) is 7.66. The Labute approximate surface area is 190 Å². The van der Waals surface area contributed by atoms with E-state index in [9.17, 15) is 24.6 Å². The van der Waals surface area contributed by atoms with Crippen molar-refractivity contribution >= 4 is 29.1 Å². The predicted octanol–water partition coefficient (Wildman–Crippen LogP) is 4.33. The van der Waals surface area contributed by atoms with Gasteiger partial charge in [0.05, 0.1) is 24.3 Å². The van der Waals surface area contributed by atoms with Crippen LogP contribution in [0.4, 0.5) is 5.69 Å². The molecule has 0 aromatic heterocycles. The number of ether oxygens (including phenoxy) is 1. The molecule has 0 unspecified atom stereocenters. The SMILES string of the molecule is COc1ccc([C@H]2/C(=C(\O)c3ccc(C)cc3)C(=O)C(=O)N2c2cccc(C(=O)O)c2)cc1. The predicted molar refractivity (Wildman–Crippen MR) is 122 cm³/mol. The highest BCUT2D eigenvalue weighted by atomic mass is 16.5. The van der Waals surface area contributed by atoms with E-state index < -0.39 is 23.7 Å². The second kappa shape index (κ2) is 8.63. The lowest BCUT2D eigenvalue weighted by molar-refractivity contribution is -0.132. The Morgan fingerprint density at radius 2 is 1.58 bits per heavy atom. The van der Waals surface area contributed by atoms with Crippen molar-refractivity contribution in [3.8, 4) is 5.75 Å². The lowest BCUT2D eigenvalue weighted by atomic mass is 9.94. The van der Waals surface area contributed by atoms with E-state index in [1.807, 2.05) is 6.92 Å². The van der Waals surface area contributed by atoms with Crippen molar-refractivity contribution in [1.29, 1.82) is 0 Å². The van der Waals surface area contributed by atoms with E-state index in [0.29, 0.717) is 16.9 Å². The molecule has 0 radical (unpaired) electrons. The fourth-order valence-electron chi connectivity index (χ4n) is 3.86. The molecule has 2 N–H and O–H groups in total. The van der Waals surface area contributed by atoms with Gasteiger partial charge in [-0.3, -0.25) is 14.5 Å². The number of nitrogens with zero attached hydrogens (tertiary/aromatic N) is 1. The topological polar surface area (TPSA) is 104 Å². The largest absolute Gasteiger partial charge is 0.507 e. The van der Waals surface area contributed by atoms with Gasteiger partial charge in [0.25, 0.3) is 11.7 Å². The van der Waals surface area contributed by atoms with Crippen molar-refractivity contribution in [2.45, 2.75) is 13.0 Å². The maximum Gasteiger partial charge on any atom is 0.335 e. The summed E-state index contributed by atoms with van der Waals surface area (Å²) >= 11 is 0. The smallest absolute Gasteiger partial charge is 0.335 e. The summed E-state index contributed by atoms with van der Waals surface area (Å²) in [5, 5.41) is 20.5. The van der Waals surface area contributed by atoms with Crippen molar-refractivity contribution < 1.29 is 29.3 Å². The molecule has 0 bridgehead atoms. The Morgan fingerprint density at radius 1 is 0.909 bits per heavy atom. The van der Waals surface area contributed by atoms with Crippen LogP contribution in [0.1, 0.15) is 33.1 Å². The molecular formula is C26H21NO6. The van der Waals surface area contributed by atoms with Crippen LogP contribution < -0.4 is 9.64 Å². The van der Waals surface area contributed by atoms with Gasteiger partial charge in [0.1, 0.15) is 11.5 Å². The Morgan fingerprint density at radius 3 is 2.18 bits per heavy atom. The number of methoxy groups -OCH3 is 1. The molecule has 1 heterocycles. The monoisotopic (exact) mass is 443 g/mol. The number of aliphatic hydroxyl groups excluding tert-OH is 1. The van der Waals surface area contributed by atoms with E-state index in [4.69, 9.17) is 4.74 Å². The van der Waals surface area contributed by atoms with Gasteiger partial charge in [0.2, 0.25) is 0 Å². The lowest BCUT2D eigenvalue weighted by Gasteiger charge is -2.25.